The summed E-state index contributed by atoms with van der Waals surface area (Å²) in [5.41, 5.74) is 8.52. The van der Waals surface area contributed by atoms with Gasteiger partial charge in [-0.25, -0.2) is 0 Å². The Labute approximate surface area is 70.6 Å². The van der Waals surface area contributed by atoms with Crippen LogP contribution in [0.15, 0.2) is 0 Å². The number of aryl methyl sites for hydroxylation is 2. The van der Waals surface area contributed by atoms with Crippen LogP contribution >= 0.6 is 11.5 Å². The first kappa shape index (κ1) is 7.25. The topological polar surface area (TPSA) is 38.9 Å². The third-order valence-electron chi connectivity index (χ3n) is 2.32. The summed E-state index contributed by atoms with van der Waals surface area (Å²) in [6.45, 7) is 4.15. The molecule has 0 saturated heterocycles. The lowest BCUT2D eigenvalue weighted by molar-refractivity contribution is 0.728. The molecule has 1 aliphatic carbocycles. The zero-order valence-corrected chi connectivity index (χ0v) is 7.66. The van der Waals surface area contributed by atoms with Crippen LogP contribution < -0.4 is 5.73 Å². The Balaban J connectivity index is 2.50. The predicted molar refractivity (Wildman–Crippen MR) is 46.7 cm³/mol. The molecule has 11 heavy (non-hydrogen) atoms. The SMILES string of the molecule is Cc1nsc(C)c1C1(N)CC1. The number of hydrogen-bond donors (Lipinski definition) is 1. The molecule has 0 aromatic carbocycles. The molecule has 2 N–H and O–H groups in total. The molecule has 0 aliphatic heterocycles. The molecule has 1 heterocycles. The average Bonchev–Trinajstić information content (AvgIpc) is 2.56. The molecule has 0 bridgehead atoms. The van der Waals surface area contributed by atoms with E-state index in [9.17, 15) is 0 Å². The van der Waals surface area contributed by atoms with Crippen LogP contribution in [-0.2, 0) is 5.54 Å². The molecule has 2 nitrogen and oxygen atoms in total. The van der Waals surface area contributed by atoms with Crippen LogP contribution in [0.5, 0.6) is 0 Å². The normalized spacial score (nSPS) is 20.3. The molecule has 0 unspecified atom stereocenters. The molecule has 3 heteroatoms. The third-order valence-corrected chi connectivity index (χ3v) is 3.16. The van der Waals surface area contributed by atoms with Crippen molar-refractivity contribution >= 4 is 11.5 Å². The van der Waals surface area contributed by atoms with E-state index in [0.29, 0.717) is 0 Å². The highest BCUT2D eigenvalue weighted by molar-refractivity contribution is 7.05. The Bertz CT molecular complexity index is 267. The molecule has 1 fully saturated rings. The molecular weight excluding hydrogens is 156 g/mol. The molecular formula is C8H12N2S. The van der Waals surface area contributed by atoms with Gasteiger partial charge in [-0.1, -0.05) is 0 Å². The highest BCUT2D eigenvalue weighted by atomic mass is 32.1. The lowest BCUT2D eigenvalue weighted by atomic mass is 10.1. The number of nitrogens with two attached hydrogens (primary N) is 1. The maximum atomic E-state index is 6.08. The van der Waals surface area contributed by atoms with Crippen LogP contribution in [0.25, 0.3) is 0 Å². The maximum absolute atomic E-state index is 6.08. The quantitative estimate of drug-likeness (QED) is 0.693. The van der Waals surface area contributed by atoms with Crippen LogP contribution in [0.3, 0.4) is 0 Å². The van der Waals surface area contributed by atoms with Crippen molar-refractivity contribution in [2.45, 2.75) is 32.2 Å². The zero-order valence-electron chi connectivity index (χ0n) is 6.85. The summed E-state index contributed by atoms with van der Waals surface area (Å²) in [5, 5.41) is 0. The molecule has 0 amide bonds. The fourth-order valence-electron chi connectivity index (χ4n) is 1.58. The summed E-state index contributed by atoms with van der Waals surface area (Å²) < 4.78 is 4.28. The molecule has 60 valence electrons. The highest BCUT2D eigenvalue weighted by Crippen LogP contribution is 2.46. The van der Waals surface area contributed by atoms with E-state index in [4.69, 9.17) is 5.73 Å². The van der Waals surface area contributed by atoms with Gasteiger partial charge in [0.15, 0.2) is 0 Å². The average molecular weight is 168 g/mol. The molecule has 1 aromatic rings. The minimum absolute atomic E-state index is 0.00116. The molecule has 1 saturated carbocycles. The van der Waals surface area contributed by atoms with E-state index in [0.717, 1.165) is 18.5 Å². The summed E-state index contributed by atoms with van der Waals surface area (Å²) in [5.74, 6) is 0. The third kappa shape index (κ3) is 0.993. The van der Waals surface area contributed by atoms with Crippen molar-refractivity contribution in [1.82, 2.24) is 4.37 Å². The molecule has 2 rings (SSSR count). The first-order valence-electron chi connectivity index (χ1n) is 3.86. The number of rotatable bonds is 1. The van der Waals surface area contributed by atoms with Crippen molar-refractivity contribution in [3.8, 4) is 0 Å². The molecule has 1 aliphatic rings. The van der Waals surface area contributed by atoms with Crippen molar-refractivity contribution in [3.63, 3.8) is 0 Å². The first-order valence-corrected chi connectivity index (χ1v) is 4.63. The van der Waals surface area contributed by atoms with Crippen LogP contribution in [0.1, 0.15) is 29.0 Å². The zero-order chi connectivity index (χ0) is 8.06. The second kappa shape index (κ2) is 2.05. The number of hydrogen-bond acceptors (Lipinski definition) is 3. The van der Waals surface area contributed by atoms with Gasteiger partial charge in [-0.15, -0.1) is 0 Å². The van der Waals surface area contributed by atoms with E-state index in [-0.39, 0.29) is 5.54 Å². The first-order chi connectivity index (χ1) is 5.13. The van der Waals surface area contributed by atoms with Gasteiger partial charge in [-0.3, -0.25) is 0 Å². The molecule has 0 spiro atoms. The Morgan fingerprint density at radius 1 is 1.45 bits per heavy atom. The minimum atomic E-state index is 0.00116. The van der Waals surface area contributed by atoms with Gasteiger partial charge < -0.3 is 5.73 Å². The highest BCUT2D eigenvalue weighted by Gasteiger charge is 2.43. The molecule has 0 radical (unpaired) electrons. The van der Waals surface area contributed by atoms with Gasteiger partial charge in [-0.2, -0.15) is 4.37 Å². The van der Waals surface area contributed by atoms with E-state index in [1.54, 1.807) is 11.5 Å². The lowest BCUT2D eigenvalue weighted by Crippen LogP contribution is -2.20. The summed E-state index contributed by atoms with van der Waals surface area (Å²) in [7, 11) is 0. The Hall–Kier alpha value is -0.410. The van der Waals surface area contributed by atoms with Gasteiger partial charge in [0, 0.05) is 16.0 Å². The Morgan fingerprint density at radius 3 is 2.45 bits per heavy atom. The van der Waals surface area contributed by atoms with Crippen molar-refractivity contribution in [3.05, 3.63) is 16.1 Å². The summed E-state index contributed by atoms with van der Waals surface area (Å²) in [4.78, 5) is 1.29. The van der Waals surface area contributed by atoms with Crippen molar-refractivity contribution in [2.75, 3.05) is 0 Å². The van der Waals surface area contributed by atoms with E-state index in [2.05, 4.69) is 11.3 Å². The standard InChI is InChI=1S/C8H12N2S/c1-5-7(6(2)11-10-5)8(9)3-4-8/h3-4,9H2,1-2H3. The van der Waals surface area contributed by atoms with Crippen molar-refractivity contribution in [2.24, 2.45) is 5.73 Å². The monoisotopic (exact) mass is 168 g/mol. The Morgan fingerprint density at radius 2 is 2.09 bits per heavy atom. The number of aromatic nitrogens is 1. The maximum Gasteiger partial charge on any atom is 0.0564 e. The van der Waals surface area contributed by atoms with E-state index in [1.807, 2.05) is 6.92 Å². The predicted octanol–water partition coefficient (Wildman–Crippen LogP) is 1.71. The second-order valence-corrected chi connectivity index (χ2v) is 4.33. The van der Waals surface area contributed by atoms with E-state index < -0.39 is 0 Å². The van der Waals surface area contributed by atoms with Gasteiger partial charge in [-0.05, 0) is 38.2 Å². The van der Waals surface area contributed by atoms with Gasteiger partial charge in [0.2, 0.25) is 0 Å². The second-order valence-electron chi connectivity index (χ2n) is 3.36. The molecule has 1 aromatic heterocycles. The largest absolute Gasteiger partial charge is 0.321 e. The Kier molecular flexibility index (Phi) is 1.35. The van der Waals surface area contributed by atoms with E-state index in [1.165, 1.54) is 10.4 Å². The van der Waals surface area contributed by atoms with E-state index >= 15 is 0 Å². The minimum Gasteiger partial charge on any atom is -0.321 e. The van der Waals surface area contributed by atoms with Crippen LogP contribution in [0.2, 0.25) is 0 Å². The summed E-state index contributed by atoms with van der Waals surface area (Å²) in [6, 6.07) is 0. The fraction of sp³-hybridized carbons (Fsp3) is 0.625. The van der Waals surface area contributed by atoms with Gasteiger partial charge in [0.1, 0.15) is 0 Å². The van der Waals surface area contributed by atoms with Crippen molar-refractivity contribution < 1.29 is 0 Å². The number of nitrogens with zero attached hydrogens (tertiary/aromatic N) is 1. The summed E-state index contributed by atoms with van der Waals surface area (Å²) in [6.07, 6.45) is 2.26. The van der Waals surface area contributed by atoms with Gasteiger partial charge >= 0.3 is 0 Å². The van der Waals surface area contributed by atoms with Crippen LogP contribution in [0, 0.1) is 13.8 Å². The van der Waals surface area contributed by atoms with Crippen LogP contribution in [0.4, 0.5) is 0 Å². The van der Waals surface area contributed by atoms with Crippen LogP contribution in [-0.4, -0.2) is 4.37 Å². The molecule has 0 atom stereocenters. The smallest absolute Gasteiger partial charge is 0.0564 e. The fourth-order valence-corrected chi connectivity index (χ4v) is 2.39. The van der Waals surface area contributed by atoms with Crippen molar-refractivity contribution in [1.29, 1.82) is 0 Å². The van der Waals surface area contributed by atoms with Gasteiger partial charge in [0.05, 0.1) is 5.69 Å². The lowest BCUT2D eigenvalue weighted by Gasteiger charge is -2.07. The summed E-state index contributed by atoms with van der Waals surface area (Å²) >= 11 is 1.57. The van der Waals surface area contributed by atoms with Gasteiger partial charge in [0.25, 0.3) is 0 Å².